The number of phosphoric ester groups is 2. The molecule has 1 aliphatic rings. The van der Waals surface area contributed by atoms with Crippen molar-refractivity contribution in [3.05, 3.63) is 93.2 Å². The van der Waals surface area contributed by atoms with Crippen molar-refractivity contribution >= 4 is 15.6 Å². The SMILES string of the molecule is CC(C)=CCC/C(C)=C/CC/C(C)=C/CC/C(C)=C\CC/C(C)=C\CC/C(C)=C\CC/C(C)=C\CC/C(C)=C\COP(=O)(O)OP(=O)(O)O[C@H]1OC(CO)[C@@H](O)[C@H](O)C1C.N.N. The number of allylic oxidation sites excluding steroid dienone is 15. The Bertz CT molecular complexity index is 1640. The summed E-state index contributed by atoms with van der Waals surface area (Å²) in [4.78, 5) is 20.0. The molecule has 1 saturated heterocycles. The maximum absolute atomic E-state index is 12.4. The minimum Gasteiger partial charge on any atom is -0.394 e. The van der Waals surface area contributed by atoms with E-state index in [0.29, 0.717) is 6.42 Å². The highest BCUT2D eigenvalue weighted by atomic mass is 31.3. The highest BCUT2D eigenvalue weighted by Gasteiger charge is 2.47. The van der Waals surface area contributed by atoms with Gasteiger partial charge in [0.25, 0.3) is 0 Å². The van der Waals surface area contributed by atoms with Crippen LogP contribution in [-0.2, 0) is 27.2 Å². The van der Waals surface area contributed by atoms with E-state index in [4.69, 9.17) is 13.8 Å². The van der Waals surface area contributed by atoms with Crippen molar-refractivity contribution in [1.82, 2.24) is 12.3 Å². The number of hydrogen-bond acceptors (Lipinski definition) is 11. The van der Waals surface area contributed by atoms with E-state index in [1.807, 2.05) is 6.92 Å². The summed E-state index contributed by atoms with van der Waals surface area (Å²) in [5.41, 5.74) is 10.9. The smallest absolute Gasteiger partial charge is 0.394 e. The van der Waals surface area contributed by atoms with Crippen LogP contribution < -0.4 is 12.3 Å². The Balaban J connectivity index is 0. The van der Waals surface area contributed by atoms with Crippen LogP contribution in [0.1, 0.15) is 159 Å². The maximum atomic E-state index is 12.4. The highest BCUT2D eigenvalue weighted by Crippen LogP contribution is 2.61. The molecule has 11 N–H and O–H groups in total. The van der Waals surface area contributed by atoms with E-state index in [2.05, 4.69) is 102 Å². The van der Waals surface area contributed by atoms with Crippen molar-refractivity contribution in [2.24, 2.45) is 5.92 Å². The van der Waals surface area contributed by atoms with E-state index >= 15 is 0 Å². The Hall–Kier alpha value is -2.06. The molecule has 7 atom stereocenters. The Morgan fingerprint density at radius 3 is 1.18 bits per heavy atom. The summed E-state index contributed by atoms with van der Waals surface area (Å²) in [6.07, 6.45) is 26.7. The van der Waals surface area contributed by atoms with Crippen molar-refractivity contribution < 1.29 is 52.3 Å². The first-order valence-corrected chi connectivity index (χ1v) is 24.7. The largest absolute Gasteiger partial charge is 0.483 e. The number of hydrogen-bond donors (Lipinski definition) is 7. The predicted molar refractivity (Wildman–Crippen MR) is 255 cm³/mol. The van der Waals surface area contributed by atoms with Crippen LogP contribution >= 0.6 is 15.6 Å². The molecular formula is C47H86N2O11P2. The van der Waals surface area contributed by atoms with E-state index in [-0.39, 0.29) is 18.9 Å². The van der Waals surface area contributed by atoms with Crippen LogP contribution in [0.5, 0.6) is 0 Å². The molecule has 0 bridgehead atoms. The van der Waals surface area contributed by atoms with Gasteiger partial charge in [-0.1, -0.05) is 100 Å². The van der Waals surface area contributed by atoms with Gasteiger partial charge in [0.05, 0.1) is 19.3 Å². The first kappa shape index (κ1) is 62.0. The van der Waals surface area contributed by atoms with Crippen molar-refractivity contribution in [2.45, 2.75) is 184 Å². The van der Waals surface area contributed by atoms with E-state index in [1.54, 1.807) is 6.08 Å². The van der Waals surface area contributed by atoms with Crippen molar-refractivity contribution in [1.29, 1.82) is 0 Å². The fourth-order valence-corrected chi connectivity index (χ4v) is 8.65. The van der Waals surface area contributed by atoms with E-state index in [9.17, 15) is 34.2 Å². The van der Waals surface area contributed by atoms with Crippen molar-refractivity contribution in [3.8, 4) is 0 Å². The molecule has 0 radical (unpaired) electrons. The summed E-state index contributed by atoms with van der Waals surface area (Å²) in [5.74, 6) is -1.02. The van der Waals surface area contributed by atoms with Crippen LogP contribution in [0.2, 0.25) is 0 Å². The molecule has 0 spiro atoms. The lowest BCUT2D eigenvalue weighted by Gasteiger charge is -2.40. The topological polar surface area (TPSA) is 242 Å². The molecule has 0 aromatic carbocycles. The van der Waals surface area contributed by atoms with Gasteiger partial charge < -0.3 is 42.1 Å². The van der Waals surface area contributed by atoms with Gasteiger partial charge in [0, 0.05) is 5.92 Å². The molecule has 13 nitrogen and oxygen atoms in total. The second-order valence-electron chi connectivity index (χ2n) is 16.9. The zero-order valence-electron chi connectivity index (χ0n) is 39.8. The third kappa shape index (κ3) is 29.4. The number of rotatable bonds is 29. The first-order valence-electron chi connectivity index (χ1n) is 21.7. The second kappa shape index (κ2) is 33.4. The van der Waals surface area contributed by atoms with E-state index < -0.39 is 52.8 Å². The lowest BCUT2D eigenvalue weighted by molar-refractivity contribution is -0.259. The fraction of sp³-hybridized carbons (Fsp3) is 0.660. The molecule has 0 amide bonds. The number of phosphoric acid groups is 2. The molecule has 15 heteroatoms. The summed E-state index contributed by atoms with van der Waals surface area (Å²) in [6.45, 7) is 19.8. The lowest BCUT2D eigenvalue weighted by atomic mass is 9.93. The van der Waals surface area contributed by atoms with E-state index in [0.717, 1.165) is 89.0 Å². The number of aliphatic hydroxyl groups is 3. The molecule has 0 aromatic rings. The van der Waals surface area contributed by atoms with Gasteiger partial charge in [0.15, 0.2) is 6.29 Å². The van der Waals surface area contributed by atoms with Gasteiger partial charge in [0.2, 0.25) is 0 Å². The highest BCUT2D eigenvalue weighted by molar-refractivity contribution is 7.61. The standard InChI is InChI=1S/C47H80O11P2.2H3N/c1-35(2)18-11-19-36(3)20-12-21-37(4)22-13-23-38(5)24-14-25-39(6)26-15-27-40(7)28-16-29-41(8)30-17-31-42(9)32-33-55-59(51,52)58-60(53,54)57-47-43(10)45(49)46(50)44(34-48)56-47;;/h18,20,22,24,26,28,30,32,43-50H,11-17,19,21,23,25,27,29,31,33-34H2,1-10H3,(H,51,52)(H,53,54);2*1H3/b36-20+,37-22+,38-24-,39-26-,40-28-,41-30-,42-32-;;/t43?,44?,45-,46-,47-;;/m1../s1. The minimum atomic E-state index is -5.22. The molecule has 4 unspecified atom stereocenters. The molecule has 0 aliphatic carbocycles. The van der Waals surface area contributed by atoms with Gasteiger partial charge in [-0.3, -0.25) is 9.05 Å². The van der Waals surface area contributed by atoms with Gasteiger partial charge in [-0.25, -0.2) is 9.13 Å². The van der Waals surface area contributed by atoms with Gasteiger partial charge >= 0.3 is 15.6 Å². The first-order chi connectivity index (χ1) is 28.1. The zero-order chi connectivity index (χ0) is 45.3. The predicted octanol–water partition coefficient (Wildman–Crippen LogP) is 12.7. The van der Waals surface area contributed by atoms with Gasteiger partial charge in [-0.2, -0.15) is 4.31 Å². The summed E-state index contributed by atoms with van der Waals surface area (Å²) >= 11 is 0. The monoisotopic (exact) mass is 917 g/mol. The second-order valence-corrected chi connectivity index (χ2v) is 19.9. The minimum absolute atomic E-state index is 0. The number of ether oxygens (including phenoxy) is 1. The van der Waals surface area contributed by atoms with Gasteiger partial charge in [-0.05, 0) is 152 Å². The zero-order valence-corrected chi connectivity index (χ0v) is 41.6. The number of aliphatic hydroxyl groups excluding tert-OH is 3. The Labute approximate surface area is 375 Å². The molecule has 1 rings (SSSR count). The maximum Gasteiger partial charge on any atom is 0.483 e. The van der Waals surface area contributed by atoms with Crippen LogP contribution in [0, 0.1) is 5.92 Å². The fourth-order valence-electron chi connectivity index (χ4n) is 6.50. The Morgan fingerprint density at radius 1 is 0.532 bits per heavy atom. The summed E-state index contributed by atoms with van der Waals surface area (Å²) in [6, 6.07) is 0. The molecule has 0 saturated carbocycles. The average Bonchev–Trinajstić information content (AvgIpc) is 3.14. The average molecular weight is 917 g/mol. The van der Waals surface area contributed by atoms with Crippen LogP contribution in [0.25, 0.3) is 0 Å². The van der Waals surface area contributed by atoms with Gasteiger partial charge in [0.1, 0.15) is 12.2 Å². The lowest BCUT2D eigenvalue weighted by Crippen LogP contribution is -2.55. The van der Waals surface area contributed by atoms with Crippen LogP contribution in [0.3, 0.4) is 0 Å². The quantitative estimate of drug-likeness (QED) is 0.0273. The molecule has 1 aliphatic heterocycles. The molecule has 1 fully saturated rings. The molecule has 360 valence electrons. The van der Waals surface area contributed by atoms with Crippen LogP contribution in [0.15, 0.2) is 93.2 Å². The van der Waals surface area contributed by atoms with E-state index in [1.165, 1.54) is 45.9 Å². The van der Waals surface area contributed by atoms with Crippen LogP contribution in [0.4, 0.5) is 0 Å². The third-order valence-corrected chi connectivity index (χ3v) is 13.2. The van der Waals surface area contributed by atoms with Crippen LogP contribution in [-0.4, -0.2) is 62.9 Å². The Kier molecular flexibility index (Phi) is 33.4. The summed E-state index contributed by atoms with van der Waals surface area (Å²) in [7, 11) is -10.2. The molecular weight excluding hydrogens is 830 g/mol. The van der Waals surface area contributed by atoms with Crippen molar-refractivity contribution in [2.75, 3.05) is 13.2 Å². The van der Waals surface area contributed by atoms with Gasteiger partial charge in [-0.15, -0.1) is 0 Å². The third-order valence-electron chi connectivity index (χ3n) is 10.6. The summed E-state index contributed by atoms with van der Waals surface area (Å²) in [5, 5.41) is 29.4. The van der Waals surface area contributed by atoms with Crippen molar-refractivity contribution in [3.63, 3.8) is 0 Å². The molecule has 62 heavy (non-hydrogen) atoms. The molecule has 1 heterocycles. The summed E-state index contributed by atoms with van der Waals surface area (Å²) < 4.78 is 44.0. The Morgan fingerprint density at radius 2 is 0.855 bits per heavy atom. The normalized spacial score (nSPS) is 23.0. The molecule has 0 aromatic heterocycles.